The average molecular weight is 346 g/mol. The molecule has 0 radical (unpaired) electrons. The van der Waals surface area contributed by atoms with E-state index in [-0.39, 0.29) is 17.9 Å². The largest absolute Gasteiger partial charge is 0.368 e. The summed E-state index contributed by atoms with van der Waals surface area (Å²) in [6, 6.07) is 3.75. The van der Waals surface area contributed by atoms with Crippen molar-refractivity contribution in [3.8, 4) is 0 Å². The lowest BCUT2D eigenvalue weighted by molar-refractivity contribution is -0.126. The highest BCUT2D eigenvalue weighted by Crippen LogP contribution is 2.21. The van der Waals surface area contributed by atoms with Crippen LogP contribution >= 0.6 is 22.6 Å². The molecule has 2 rings (SSSR count). The number of ether oxygens (including phenoxy) is 1. The minimum atomic E-state index is -0.337. The van der Waals surface area contributed by atoms with Crippen LogP contribution in [-0.2, 0) is 9.53 Å². The molecule has 0 aromatic carbocycles. The molecule has 92 valence electrons. The number of aryl methyl sites for hydroxylation is 1. The third-order valence-electron chi connectivity index (χ3n) is 2.92. The predicted molar refractivity (Wildman–Crippen MR) is 73.8 cm³/mol. The summed E-state index contributed by atoms with van der Waals surface area (Å²) in [6.07, 6.45) is 0.605. The molecule has 17 heavy (non-hydrogen) atoms. The summed E-state index contributed by atoms with van der Waals surface area (Å²) in [6.45, 7) is 4.62. The Balaban J connectivity index is 2.05. The smallest absolute Gasteiger partial charge is 0.254 e. The second-order valence-electron chi connectivity index (χ2n) is 4.31. The van der Waals surface area contributed by atoms with E-state index in [1.165, 1.54) is 0 Å². The van der Waals surface area contributed by atoms with Gasteiger partial charge in [0.05, 0.1) is 5.69 Å². The van der Waals surface area contributed by atoms with Crippen LogP contribution in [0.5, 0.6) is 0 Å². The van der Waals surface area contributed by atoms with Crippen molar-refractivity contribution in [2.45, 2.75) is 26.4 Å². The first kappa shape index (κ1) is 12.8. The van der Waals surface area contributed by atoms with Crippen molar-refractivity contribution in [1.29, 1.82) is 0 Å². The van der Waals surface area contributed by atoms with Crippen LogP contribution in [0.4, 0.5) is 5.82 Å². The van der Waals surface area contributed by atoms with Gasteiger partial charge in [-0.15, -0.1) is 0 Å². The summed E-state index contributed by atoms with van der Waals surface area (Å²) in [7, 11) is 0. The van der Waals surface area contributed by atoms with Crippen molar-refractivity contribution < 1.29 is 9.53 Å². The van der Waals surface area contributed by atoms with E-state index in [4.69, 9.17) is 4.74 Å². The lowest BCUT2D eigenvalue weighted by atomic mass is 10.0. The third kappa shape index (κ3) is 2.95. The van der Waals surface area contributed by atoms with E-state index in [9.17, 15) is 4.79 Å². The molecule has 1 N–H and O–H groups in total. The van der Waals surface area contributed by atoms with Gasteiger partial charge >= 0.3 is 0 Å². The molecule has 0 aliphatic carbocycles. The molecule has 1 fully saturated rings. The molecule has 1 aromatic heterocycles. The number of halogens is 1. The number of nitrogens with zero attached hydrogens (tertiary/aromatic N) is 1. The molecule has 1 aliphatic heterocycles. The summed E-state index contributed by atoms with van der Waals surface area (Å²) in [5.74, 6) is 0.777. The zero-order valence-corrected chi connectivity index (χ0v) is 12.0. The summed E-state index contributed by atoms with van der Waals surface area (Å²) in [5.41, 5.74) is 0.920. The fourth-order valence-electron chi connectivity index (χ4n) is 1.84. The van der Waals surface area contributed by atoms with Crippen LogP contribution in [0.3, 0.4) is 0 Å². The molecule has 1 aliphatic rings. The zero-order valence-electron chi connectivity index (χ0n) is 9.87. The standard InChI is InChI=1S/C12H15IN2O2/c1-7-5-6-17-11(7)12(16)15-10-4-3-9(13)8(2)14-10/h3-4,7,11H,5-6H2,1-2H3,(H,14,15,16)/t7-,11+/m0/s1. The molecule has 2 heterocycles. The number of nitrogens with one attached hydrogen (secondary N) is 1. The SMILES string of the molecule is Cc1nc(NC(=O)[C@@H]2OCC[C@@H]2C)ccc1I. The molecule has 0 unspecified atom stereocenters. The van der Waals surface area contributed by atoms with Crippen LogP contribution in [0.15, 0.2) is 12.1 Å². The minimum absolute atomic E-state index is 0.0943. The van der Waals surface area contributed by atoms with E-state index in [2.05, 4.69) is 32.9 Å². The maximum absolute atomic E-state index is 11.9. The number of hydrogen-bond acceptors (Lipinski definition) is 3. The van der Waals surface area contributed by atoms with Crippen molar-refractivity contribution in [1.82, 2.24) is 4.98 Å². The Morgan fingerprint density at radius 1 is 1.59 bits per heavy atom. The van der Waals surface area contributed by atoms with Gasteiger partial charge in [0.2, 0.25) is 0 Å². The number of carbonyl (C=O) groups is 1. The highest BCUT2D eigenvalue weighted by atomic mass is 127. The summed E-state index contributed by atoms with van der Waals surface area (Å²) in [5, 5.41) is 2.80. The third-order valence-corrected chi connectivity index (χ3v) is 4.06. The van der Waals surface area contributed by atoms with Gasteiger partial charge < -0.3 is 10.1 Å². The van der Waals surface area contributed by atoms with Crippen molar-refractivity contribution in [2.24, 2.45) is 5.92 Å². The van der Waals surface area contributed by atoms with Gasteiger partial charge in [0.1, 0.15) is 11.9 Å². The van der Waals surface area contributed by atoms with Crippen molar-refractivity contribution >= 4 is 34.3 Å². The number of pyridine rings is 1. The van der Waals surface area contributed by atoms with E-state index < -0.39 is 0 Å². The van der Waals surface area contributed by atoms with Gasteiger partial charge in [-0.3, -0.25) is 4.79 Å². The molecule has 0 bridgehead atoms. The Bertz CT molecular complexity index is 437. The molecule has 2 atom stereocenters. The van der Waals surface area contributed by atoms with Crippen molar-refractivity contribution in [2.75, 3.05) is 11.9 Å². The number of amides is 1. The van der Waals surface area contributed by atoms with E-state index in [1.807, 2.05) is 26.0 Å². The molecule has 0 spiro atoms. The van der Waals surface area contributed by atoms with Crippen molar-refractivity contribution in [3.63, 3.8) is 0 Å². The number of hydrogen-bond donors (Lipinski definition) is 1. The molecule has 1 aromatic rings. The fourth-order valence-corrected chi connectivity index (χ4v) is 2.14. The topological polar surface area (TPSA) is 51.2 Å². The minimum Gasteiger partial charge on any atom is -0.368 e. The normalized spacial score (nSPS) is 23.7. The van der Waals surface area contributed by atoms with E-state index in [0.29, 0.717) is 12.4 Å². The zero-order chi connectivity index (χ0) is 12.4. The monoisotopic (exact) mass is 346 g/mol. The molecule has 1 amide bonds. The second-order valence-corrected chi connectivity index (χ2v) is 5.47. The van der Waals surface area contributed by atoms with E-state index >= 15 is 0 Å². The molecule has 4 nitrogen and oxygen atoms in total. The maximum atomic E-state index is 11.9. The van der Waals surface area contributed by atoms with Gasteiger partial charge in [0.15, 0.2) is 0 Å². The van der Waals surface area contributed by atoms with E-state index in [1.54, 1.807) is 0 Å². The molecular formula is C12H15IN2O2. The number of anilines is 1. The second kappa shape index (κ2) is 5.30. The van der Waals surface area contributed by atoms with Crippen LogP contribution < -0.4 is 5.32 Å². The summed E-state index contributed by atoms with van der Waals surface area (Å²) < 4.78 is 6.50. The highest BCUT2D eigenvalue weighted by Gasteiger charge is 2.30. The molecular weight excluding hydrogens is 331 g/mol. The maximum Gasteiger partial charge on any atom is 0.254 e. The molecule has 5 heteroatoms. The van der Waals surface area contributed by atoms with Gasteiger partial charge in [-0.1, -0.05) is 6.92 Å². The Morgan fingerprint density at radius 2 is 2.35 bits per heavy atom. The molecule has 1 saturated heterocycles. The first-order chi connectivity index (χ1) is 8.08. The number of rotatable bonds is 2. The van der Waals surface area contributed by atoms with E-state index in [0.717, 1.165) is 15.7 Å². The van der Waals surface area contributed by atoms with Gasteiger partial charge in [-0.2, -0.15) is 0 Å². The van der Waals surface area contributed by atoms with Crippen LogP contribution in [0.1, 0.15) is 19.0 Å². The predicted octanol–water partition coefficient (Wildman–Crippen LogP) is 2.36. The van der Waals surface area contributed by atoms with Crippen LogP contribution in [0, 0.1) is 16.4 Å². The van der Waals surface area contributed by atoms with Gasteiger partial charge in [-0.25, -0.2) is 4.98 Å². The highest BCUT2D eigenvalue weighted by molar-refractivity contribution is 14.1. The Hall–Kier alpha value is -0.690. The van der Waals surface area contributed by atoms with Crippen LogP contribution in [0.2, 0.25) is 0 Å². The Morgan fingerprint density at radius 3 is 2.94 bits per heavy atom. The quantitative estimate of drug-likeness (QED) is 0.837. The lowest BCUT2D eigenvalue weighted by Crippen LogP contribution is -2.31. The van der Waals surface area contributed by atoms with Crippen LogP contribution in [0.25, 0.3) is 0 Å². The first-order valence-corrected chi connectivity index (χ1v) is 6.71. The van der Waals surface area contributed by atoms with Crippen LogP contribution in [-0.4, -0.2) is 23.6 Å². The number of aromatic nitrogens is 1. The summed E-state index contributed by atoms with van der Waals surface area (Å²) in [4.78, 5) is 16.3. The van der Waals surface area contributed by atoms with Gasteiger partial charge in [0.25, 0.3) is 5.91 Å². The lowest BCUT2D eigenvalue weighted by Gasteiger charge is -2.14. The fraction of sp³-hybridized carbons (Fsp3) is 0.500. The van der Waals surface area contributed by atoms with Gasteiger partial charge in [0, 0.05) is 10.2 Å². The van der Waals surface area contributed by atoms with Crippen molar-refractivity contribution in [3.05, 3.63) is 21.4 Å². The Kier molecular flexibility index (Phi) is 3.98. The van der Waals surface area contributed by atoms with Gasteiger partial charge in [-0.05, 0) is 54.0 Å². The number of carbonyl (C=O) groups excluding carboxylic acids is 1. The Labute approximate surface area is 114 Å². The molecule has 0 saturated carbocycles. The first-order valence-electron chi connectivity index (χ1n) is 5.63. The average Bonchev–Trinajstić information content (AvgIpc) is 2.70. The summed E-state index contributed by atoms with van der Waals surface area (Å²) >= 11 is 2.22.